The number of aryl methyl sites for hydroxylation is 1. The molecule has 1 aliphatic rings. The monoisotopic (exact) mass is 375 g/mol. The Morgan fingerprint density at radius 3 is 2.65 bits per heavy atom. The van der Waals surface area contributed by atoms with Gasteiger partial charge in [0.25, 0.3) is 5.69 Å². The smallest absolute Gasteiger partial charge is 0.293 e. The number of carbonyl (C=O) groups excluding carboxylic acids is 1. The SMILES string of the molecule is CCc1nsc(N2CCCN(c3ccc(C(C)=O)cc3[N+](=O)[O-])CC2)n1. The third-order valence-corrected chi connectivity index (χ3v) is 5.27. The predicted octanol–water partition coefficient (Wildman–Crippen LogP) is 2.93. The first kappa shape index (κ1) is 18.2. The molecule has 2 aromatic rings. The summed E-state index contributed by atoms with van der Waals surface area (Å²) < 4.78 is 4.34. The highest BCUT2D eigenvalue weighted by Crippen LogP contribution is 2.31. The quantitative estimate of drug-likeness (QED) is 0.451. The molecule has 0 N–H and O–H groups in total. The van der Waals surface area contributed by atoms with Gasteiger partial charge in [-0.15, -0.1) is 0 Å². The molecule has 1 fully saturated rings. The van der Waals surface area contributed by atoms with Crippen molar-refractivity contribution < 1.29 is 9.72 Å². The summed E-state index contributed by atoms with van der Waals surface area (Å²) in [6.07, 6.45) is 1.68. The molecule has 1 aromatic carbocycles. The van der Waals surface area contributed by atoms with Gasteiger partial charge in [0.15, 0.2) is 5.78 Å². The molecule has 0 radical (unpaired) electrons. The first-order chi connectivity index (χ1) is 12.5. The van der Waals surface area contributed by atoms with Crippen LogP contribution < -0.4 is 9.80 Å². The molecular weight excluding hydrogens is 354 g/mol. The van der Waals surface area contributed by atoms with E-state index in [1.165, 1.54) is 24.5 Å². The fourth-order valence-electron chi connectivity index (χ4n) is 3.02. The third-order valence-electron chi connectivity index (χ3n) is 4.46. The molecule has 0 atom stereocenters. The van der Waals surface area contributed by atoms with E-state index in [2.05, 4.69) is 14.3 Å². The van der Waals surface area contributed by atoms with Crippen molar-refractivity contribution in [1.82, 2.24) is 9.36 Å². The number of nitro benzene ring substituents is 1. The van der Waals surface area contributed by atoms with Crippen LogP contribution in [0.3, 0.4) is 0 Å². The van der Waals surface area contributed by atoms with Crippen LogP contribution >= 0.6 is 11.5 Å². The Kier molecular flexibility index (Phi) is 5.46. The lowest BCUT2D eigenvalue weighted by Gasteiger charge is -2.23. The number of nitro groups is 1. The van der Waals surface area contributed by atoms with E-state index in [0.717, 1.165) is 43.4 Å². The van der Waals surface area contributed by atoms with Crippen molar-refractivity contribution in [2.45, 2.75) is 26.7 Å². The minimum atomic E-state index is -0.414. The molecule has 26 heavy (non-hydrogen) atoms. The summed E-state index contributed by atoms with van der Waals surface area (Å²) in [5.41, 5.74) is 0.904. The van der Waals surface area contributed by atoms with Crippen LogP contribution in [0.4, 0.5) is 16.5 Å². The molecule has 1 saturated heterocycles. The van der Waals surface area contributed by atoms with Crippen LogP contribution in [0.2, 0.25) is 0 Å². The second-order valence-electron chi connectivity index (χ2n) is 6.19. The summed E-state index contributed by atoms with van der Waals surface area (Å²) in [5, 5.41) is 12.4. The van der Waals surface area contributed by atoms with E-state index in [-0.39, 0.29) is 11.5 Å². The van der Waals surface area contributed by atoms with Gasteiger partial charge in [-0.1, -0.05) is 6.92 Å². The van der Waals surface area contributed by atoms with Crippen molar-refractivity contribution in [1.29, 1.82) is 0 Å². The van der Waals surface area contributed by atoms with Crippen LogP contribution in [0.5, 0.6) is 0 Å². The van der Waals surface area contributed by atoms with Crippen LogP contribution in [-0.4, -0.2) is 46.2 Å². The molecule has 3 rings (SSSR count). The van der Waals surface area contributed by atoms with Crippen molar-refractivity contribution in [3.05, 3.63) is 39.7 Å². The van der Waals surface area contributed by atoms with E-state index in [1.54, 1.807) is 12.1 Å². The summed E-state index contributed by atoms with van der Waals surface area (Å²) >= 11 is 1.40. The third kappa shape index (κ3) is 3.82. The molecule has 0 spiro atoms. The van der Waals surface area contributed by atoms with Crippen LogP contribution in [0, 0.1) is 10.1 Å². The summed E-state index contributed by atoms with van der Waals surface area (Å²) in [7, 11) is 0. The zero-order valence-corrected chi connectivity index (χ0v) is 15.7. The molecule has 1 aromatic heterocycles. The molecule has 9 heteroatoms. The van der Waals surface area contributed by atoms with Crippen LogP contribution in [-0.2, 0) is 6.42 Å². The molecule has 0 aliphatic carbocycles. The maximum absolute atomic E-state index is 11.5. The van der Waals surface area contributed by atoms with Gasteiger partial charge in [0.1, 0.15) is 11.5 Å². The normalized spacial score (nSPS) is 15.0. The van der Waals surface area contributed by atoms with Gasteiger partial charge in [0.2, 0.25) is 5.13 Å². The largest absolute Gasteiger partial charge is 0.364 e. The summed E-state index contributed by atoms with van der Waals surface area (Å²) in [6, 6.07) is 4.72. The van der Waals surface area contributed by atoms with Crippen molar-refractivity contribution in [3.8, 4) is 0 Å². The van der Waals surface area contributed by atoms with Crippen LogP contribution in [0.1, 0.15) is 36.5 Å². The van der Waals surface area contributed by atoms with Gasteiger partial charge in [0.05, 0.1) is 4.92 Å². The van der Waals surface area contributed by atoms with Gasteiger partial charge < -0.3 is 9.80 Å². The highest BCUT2D eigenvalue weighted by Gasteiger charge is 2.24. The standard InChI is InChI=1S/C17H21N5O3S/c1-3-16-18-17(26-19-16)21-8-4-7-20(9-10-21)14-6-5-13(12(2)23)11-15(14)22(24)25/h5-6,11H,3-4,7-10H2,1-2H3. The van der Waals surface area contributed by atoms with Crippen molar-refractivity contribution >= 4 is 33.8 Å². The number of benzene rings is 1. The number of anilines is 2. The maximum Gasteiger partial charge on any atom is 0.293 e. The average molecular weight is 375 g/mol. The zero-order chi connectivity index (χ0) is 18.7. The Morgan fingerprint density at radius 2 is 2.00 bits per heavy atom. The Morgan fingerprint density at radius 1 is 1.27 bits per heavy atom. The predicted molar refractivity (Wildman–Crippen MR) is 101 cm³/mol. The van der Waals surface area contributed by atoms with E-state index in [0.29, 0.717) is 17.8 Å². The lowest BCUT2D eigenvalue weighted by molar-refractivity contribution is -0.384. The van der Waals surface area contributed by atoms with E-state index in [9.17, 15) is 14.9 Å². The molecule has 8 nitrogen and oxygen atoms in total. The van der Waals surface area contributed by atoms with Crippen LogP contribution in [0.15, 0.2) is 18.2 Å². The highest BCUT2D eigenvalue weighted by molar-refractivity contribution is 7.09. The topological polar surface area (TPSA) is 92.5 Å². The molecule has 1 aliphatic heterocycles. The zero-order valence-electron chi connectivity index (χ0n) is 14.8. The van der Waals surface area contributed by atoms with E-state index >= 15 is 0 Å². The number of carbonyl (C=O) groups is 1. The summed E-state index contributed by atoms with van der Waals surface area (Å²) in [4.78, 5) is 31.4. The first-order valence-corrected chi connectivity index (χ1v) is 9.38. The van der Waals surface area contributed by atoms with E-state index in [1.807, 2.05) is 11.8 Å². The summed E-state index contributed by atoms with van der Waals surface area (Å²) in [5.74, 6) is 0.672. The highest BCUT2D eigenvalue weighted by atomic mass is 32.1. The number of hydrogen-bond acceptors (Lipinski definition) is 8. The fourth-order valence-corrected chi connectivity index (χ4v) is 3.82. The molecule has 0 bridgehead atoms. The number of aromatic nitrogens is 2. The number of ketones is 1. The fraction of sp³-hybridized carbons (Fsp3) is 0.471. The molecular formula is C17H21N5O3S. The Hall–Kier alpha value is -2.55. The van der Waals surface area contributed by atoms with E-state index < -0.39 is 4.92 Å². The molecule has 138 valence electrons. The lowest BCUT2D eigenvalue weighted by atomic mass is 10.1. The number of nitrogens with zero attached hydrogens (tertiary/aromatic N) is 5. The van der Waals surface area contributed by atoms with Gasteiger partial charge in [-0.2, -0.15) is 4.37 Å². The number of Topliss-reactive ketones (excluding diaryl/α,β-unsaturated/α-hetero) is 1. The van der Waals surface area contributed by atoms with Gasteiger partial charge in [-0.05, 0) is 25.5 Å². The lowest BCUT2D eigenvalue weighted by Crippen LogP contribution is -2.31. The maximum atomic E-state index is 11.5. The second-order valence-corrected chi connectivity index (χ2v) is 6.92. The molecule has 2 heterocycles. The second kappa shape index (κ2) is 7.77. The minimum Gasteiger partial charge on any atom is -0.364 e. The van der Waals surface area contributed by atoms with Crippen molar-refractivity contribution in [3.63, 3.8) is 0 Å². The van der Waals surface area contributed by atoms with E-state index in [4.69, 9.17) is 0 Å². The Bertz CT molecular complexity index is 822. The summed E-state index contributed by atoms with van der Waals surface area (Å²) in [6.45, 7) is 6.38. The van der Waals surface area contributed by atoms with Crippen molar-refractivity contribution in [2.24, 2.45) is 0 Å². The van der Waals surface area contributed by atoms with Gasteiger partial charge >= 0.3 is 0 Å². The molecule has 0 unspecified atom stereocenters. The average Bonchev–Trinajstić information content (AvgIpc) is 2.98. The Labute approximate surface area is 155 Å². The number of hydrogen-bond donors (Lipinski definition) is 0. The minimum absolute atomic E-state index is 0.0182. The van der Waals surface area contributed by atoms with Crippen molar-refractivity contribution in [2.75, 3.05) is 36.0 Å². The van der Waals surface area contributed by atoms with Gasteiger partial charge in [0, 0.05) is 55.8 Å². The number of rotatable bonds is 5. The van der Waals surface area contributed by atoms with Crippen LogP contribution in [0.25, 0.3) is 0 Å². The molecule has 0 amide bonds. The first-order valence-electron chi connectivity index (χ1n) is 8.61. The Balaban J connectivity index is 1.80. The van der Waals surface area contributed by atoms with Gasteiger partial charge in [-0.25, -0.2) is 4.98 Å². The molecule has 0 saturated carbocycles. The van der Waals surface area contributed by atoms with Gasteiger partial charge in [-0.3, -0.25) is 14.9 Å².